The van der Waals surface area contributed by atoms with Crippen LogP contribution in [0.4, 0.5) is 10.1 Å². The second kappa shape index (κ2) is 11.2. The van der Waals surface area contributed by atoms with Crippen molar-refractivity contribution in [3.63, 3.8) is 0 Å². The zero-order valence-electron chi connectivity index (χ0n) is 18.6. The van der Waals surface area contributed by atoms with E-state index in [2.05, 4.69) is 0 Å². The van der Waals surface area contributed by atoms with E-state index in [4.69, 9.17) is 14.7 Å². The minimum absolute atomic E-state index is 0.0165. The van der Waals surface area contributed by atoms with Crippen molar-refractivity contribution in [2.24, 2.45) is 0 Å². The zero-order valence-corrected chi connectivity index (χ0v) is 19.4. The molecule has 2 aromatic rings. The maximum Gasteiger partial charge on any atom is 0.338 e. The quantitative estimate of drug-likeness (QED) is 0.522. The highest BCUT2D eigenvalue weighted by Gasteiger charge is 2.29. The molecule has 1 aliphatic rings. The molecule has 34 heavy (non-hydrogen) atoms. The summed E-state index contributed by atoms with van der Waals surface area (Å²) in [5.74, 6) is -1.96. The van der Waals surface area contributed by atoms with Crippen LogP contribution in [-0.4, -0.2) is 64.1 Å². The van der Waals surface area contributed by atoms with E-state index in [0.717, 1.165) is 0 Å². The standard InChI is InChI=1S/C23H24FN3O6S/c1-17-3-4-18(15-21(17)34(30,31)26-11-13-32-14-12-26)23(29)33-16-22(28)27(10-2-9-25)20-7-5-19(24)6-8-20/h3-8,15H,2,10-14,16H2,1H3. The minimum Gasteiger partial charge on any atom is -0.452 e. The summed E-state index contributed by atoms with van der Waals surface area (Å²) in [7, 11) is -3.83. The Balaban J connectivity index is 1.73. The van der Waals surface area contributed by atoms with Gasteiger partial charge in [-0.2, -0.15) is 9.57 Å². The smallest absolute Gasteiger partial charge is 0.338 e. The SMILES string of the molecule is Cc1ccc(C(=O)OCC(=O)N(CCC#N)c2ccc(F)cc2)cc1S(=O)(=O)N1CCOCC1. The van der Waals surface area contributed by atoms with Crippen LogP contribution in [0.15, 0.2) is 47.4 Å². The summed E-state index contributed by atoms with van der Waals surface area (Å²) in [6.45, 7) is 2.03. The molecule has 0 saturated carbocycles. The molecule has 0 radical (unpaired) electrons. The number of rotatable bonds is 8. The molecule has 0 aliphatic carbocycles. The minimum atomic E-state index is -3.83. The van der Waals surface area contributed by atoms with Gasteiger partial charge in [-0.15, -0.1) is 0 Å². The topological polar surface area (TPSA) is 117 Å². The Kier molecular flexibility index (Phi) is 8.33. The molecule has 1 amide bonds. The molecule has 180 valence electrons. The number of halogens is 1. The van der Waals surface area contributed by atoms with Gasteiger partial charge in [-0.3, -0.25) is 4.79 Å². The van der Waals surface area contributed by atoms with Gasteiger partial charge in [0.15, 0.2) is 6.61 Å². The summed E-state index contributed by atoms with van der Waals surface area (Å²) in [4.78, 5) is 26.5. The molecule has 0 N–H and O–H groups in total. The third kappa shape index (κ3) is 5.96. The first-order valence-electron chi connectivity index (χ1n) is 10.5. The van der Waals surface area contributed by atoms with Crippen molar-refractivity contribution < 1.29 is 31.9 Å². The molecule has 1 aliphatic heterocycles. The van der Waals surface area contributed by atoms with Gasteiger partial charge in [0.2, 0.25) is 10.0 Å². The number of anilines is 1. The number of morpholine rings is 1. The van der Waals surface area contributed by atoms with E-state index >= 15 is 0 Å². The number of hydrogen-bond donors (Lipinski definition) is 0. The summed E-state index contributed by atoms with van der Waals surface area (Å²) in [6, 6.07) is 11.2. The first-order chi connectivity index (χ1) is 16.2. The number of nitrogens with zero attached hydrogens (tertiary/aromatic N) is 3. The number of esters is 1. The summed E-state index contributed by atoms with van der Waals surface area (Å²) < 4.78 is 50.9. The third-order valence-electron chi connectivity index (χ3n) is 5.23. The third-order valence-corrected chi connectivity index (χ3v) is 7.27. The lowest BCUT2D eigenvalue weighted by Crippen LogP contribution is -2.40. The Labute approximate surface area is 197 Å². The van der Waals surface area contributed by atoms with Crippen molar-refractivity contribution in [2.75, 3.05) is 44.4 Å². The van der Waals surface area contributed by atoms with Gasteiger partial charge >= 0.3 is 5.97 Å². The Morgan fingerprint density at radius 1 is 1.18 bits per heavy atom. The Bertz CT molecular complexity index is 1190. The highest BCUT2D eigenvalue weighted by Crippen LogP contribution is 2.23. The first kappa shape index (κ1) is 25.3. The van der Waals surface area contributed by atoms with Crippen molar-refractivity contribution in [1.82, 2.24) is 4.31 Å². The van der Waals surface area contributed by atoms with Gasteiger partial charge in [-0.1, -0.05) is 6.07 Å². The van der Waals surface area contributed by atoms with Crippen LogP contribution in [0.2, 0.25) is 0 Å². The van der Waals surface area contributed by atoms with Crippen LogP contribution in [0.1, 0.15) is 22.3 Å². The number of ether oxygens (including phenoxy) is 2. The molecule has 0 atom stereocenters. The van der Waals surface area contributed by atoms with Crippen LogP contribution in [0, 0.1) is 24.1 Å². The molecule has 9 nitrogen and oxygen atoms in total. The highest BCUT2D eigenvalue weighted by atomic mass is 32.2. The average molecular weight is 490 g/mol. The lowest BCUT2D eigenvalue weighted by molar-refractivity contribution is -0.121. The second-order valence-electron chi connectivity index (χ2n) is 7.50. The van der Waals surface area contributed by atoms with Gasteiger partial charge in [0, 0.05) is 25.3 Å². The van der Waals surface area contributed by atoms with Crippen molar-refractivity contribution in [1.29, 1.82) is 5.26 Å². The van der Waals surface area contributed by atoms with E-state index < -0.39 is 34.3 Å². The molecule has 0 spiro atoms. The fraction of sp³-hybridized carbons (Fsp3) is 0.348. The highest BCUT2D eigenvalue weighted by molar-refractivity contribution is 7.89. The molecule has 1 saturated heterocycles. The normalized spacial score (nSPS) is 14.3. The Morgan fingerprint density at radius 2 is 1.85 bits per heavy atom. The fourth-order valence-electron chi connectivity index (χ4n) is 3.40. The number of hydrogen-bond acceptors (Lipinski definition) is 7. The predicted octanol–water partition coefficient (Wildman–Crippen LogP) is 2.26. The molecule has 1 heterocycles. The van der Waals surface area contributed by atoms with Crippen molar-refractivity contribution in [3.8, 4) is 6.07 Å². The lowest BCUT2D eigenvalue weighted by atomic mass is 10.1. The van der Waals surface area contributed by atoms with Crippen molar-refractivity contribution in [2.45, 2.75) is 18.2 Å². The van der Waals surface area contributed by atoms with Gasteiger partial charge in [0.05, 0.1) is 36.2 Å². The zero-order chi connectivity index (χ0) is 24.7. The molecule has 0 aromatic heterocycles. The maximum absolute atomic E-state index is 13.2. The van der Waals surface area contributed by atoms with E-state index in [1.807, 2.05) is 6.07 Å². The van der Waals surface area contributed by atoms with E-state index in [-0.39, 0.29) is 36.5 Å². The molecule has 11 heteroatoms. The second-order valence-corrected chi connectivity index (χ2v) is 9.41. The number of benzene rings is 2. The first-order valence-corrected chi connectivity index (χ1v) is 12.0. The number of carbonyl (C=O) groups excluding carboxylic acids is 2. The van der Waals surface area contributed by atoms with Crippen LogP contribution in [0.25, 0.3) is 0 Å². The Morgan fingerprint density at radius 3 is 2.50 bits per heavy atom. The molecule has 3 rings (SSSR count). The van der Waals surface area contributed by atoms with E-state index in [9.17, 15) is 22.4 Å². The maximum atomic E-state index is 13.2. The van der Waals surface area contributed by atoms with Crippen LogP contribution in [0.3, 0.4) is 0 Å². The molecule has 0 unspecified atom stereocenters. The van der Waals surface area contributed by atoms with Gasteiger partial charge in [-0.25, -0.2) is 17.6 Å². The Hall–Kier alpha value is -3.33. The van der Waals surface area contributed by atoms with E-state index in [1.54, 1.807) is 6.92 Å². The van der Waals surface area contributed by atoms with Gasteiger partial charge in [0.1, 0.15) is 5.82 Å². The lowest BCUT2D eigenvalue weighted by Gasteiger charge is -2.26. The molecule has 2 aromatic carbocycles. The van der Waals surface area contributed by atoms with Gasteiger partial charge in [0.25, 0.3) is 5.91 Å². The summed E-state index contributed by atoms with van der Waals surface area (Å²) in [5.41, 5.74) is 0.806. The predicted molar refractivity (Wildman–Crippen MR) is 120 cm³/mol. The van der Waals surface area contributed by atoms with E-state index in [0.29, 0.717) is 24.5 Å². The number of nitriles is 1. The number of sulfonamides is 1. The molecular formula is C23H24FN3O6S. The van der Waals surface area contributed by atoms with Crippen molar-refractivity contribution in [3.05, 3.63) is 59.4 Å². The summed E-state index contributed by atoms with van der Waals surface area (Å²) in [5, 5.41) is 8.87. The van der Waals surface area contributed by atoms with Crippen molar-refractivity contribution >= 4 is 27.6 Å². The van der Waals surface area contributed by atoms with E-state index in [1.165, 1.54) is 51.7 Å². The van der Waals surface area contributed by atoms with Crippen LogP contribution < -0.4 is 4.90 Å². The van der Waals surface area contributed by atoms with Gasteiger partial charge < -0.3 is 14.4 Å². The van der Waals surface area contributed by atoms with Crippen LogP contribution in [0.5, 0.6) is 0 Å². The monoisotopic (exact) mass is 489 g/mol. The van der Waals surface area contributed by atoms with Crippen LogP contribution in [-0.2, 0) is 24.3 Å². The number of amides is 1. The fourth-order valence-corrected chi connectivity index (χ4v) is 5.06. The number of aryl methyl sites for hydroxylation is 1. The number of carbonyl (C=O) groups is 2. The molecule has 1 fully saturated rings. The van der Waals surface area contributed by atoms with Gasteiger partial charge in [-0.05, 0) is 48.9 Å². The summed E-state index contributed by atoms with van der Waals surface area (Å²) >= 11 is 0. The average Bonchev–Trinajstić information content (AvgIpc) is 2.84. The molecular weight excluding hydrogens is 465 g/mol. The molecule has 0 bridgehead atoms. The largest absolute Gasteiger partial charge is 0.452 e. The van der Waals surface area contributed by atoms with Crippen LogP contribution >= 0.6 is 0 Å². The summed E-state index contributed by atoms with van der Waals surface area (Å²) in [6.07, 6.45) is 0.0256.